The molecular weight excluding hydrogens is 330 g/mol. The van der Waals surface area contributed by atoms with Crippen LogP contribution in [-0.4, -0.2) is 37.6 Å². The Morgan fingerprint density at radius 2 is 2.17 bits per heavy atom. The Bertz CT molecular complexity index is 949. The van der Waals surface area contributed by atoms with Gasteiger partial charge in [-0.05, 0) is 18.6 Å². The number of nitrogens with zero attached hydrogens (tertiary/aromatic N) is 4. The highest BCUT2D eigenvalue weighted by Gasteiger charge is 2.20. The Balaban J connectivity index is 1.82. The van der Waals surface area contributed by atoms with Crippen LogP contribution in [0.15, 0.2) is 41.6 Å². The van der Waals surface area contributed by atoms with Gasteiger partial charge in [-0.15, -0.1) is 0 Å². The van der Waals surface area contributed by atoms with E-state index in [1.807, 2.05) is 25.1 Å². The van der Waals surface area contributed by atoms with Gasteiger partial charge in [0.15, 0.2) is 5.65 Å². The molecule has 24 heavy (non-hydrogen) atoms. The first-order chi connectivity index (χ1) is 11.5. The van der Waals surface area contributed by atoms with Crippen molar-refractivity contribution < 1.29 is 4.79 Å². The van der Waals surface area contributed by atoms with Gasteiger partial charge in [0.1, 0.15) is 11.9 Å². The van der Waals surface area contributed by atoms with Gasteiger partial charge in [0, 0.05) is 12.1 Å². The van der Waals surface area contributed by atoms with Crippen molar-refractivity contribution in [3.63, 3.8) is 0 Å². The number of nitrogens with one attached hydrogen (secondary N) is 1. The summed E-state index contributed by atoms with van der Waals surface area (Å²) in [6.45, 7) is 1.90. The van der Waals surface area contributed by atoms with Crippen molar-refractivity contribution in [3.8, 4) is 0 Å². The molecule has 3 rings (SSSR count). The van der Waals surface area contributed by atoms with E-state index in [0.717, 1.165) is 5.56 Å². The molecule has 8 heteroatoms. The average molecular weight is 346 g/mol. The number of hydrogen-bond donors (Lipinski definition) is 1. The van der Waals surface area contributed by atoms with E-state index in [2.05, 4.69) is 15.1 Å². The molecule has 7 nitrogen and oxygen atoms in total. The highest BCUT2D eigenvalue weighted by molar-refractivity contribution is 6.31. The number of hydrogen-bond acceptors (Lipinski definition) is 4. The average Bonchev–Trinajstić information content (AvgIpc) is 2.98. The summed E-state index contributed by atoms with van der Waals surface area (Å²) in [4.78, 5) is 32.4. The molecule has 0 saturated carbocycles. The van der Waals surface area contributed by atoms with Gasteiger partial charge in [0.05, 0.1) is 18.6 Å². The molecule has 2 aromatic heterocycles. The van der Waals surface area contributed by atoms with Crippen LogP contribution in [0.4, 0.5) is 0 Å². The van der Waals surface area contributed by atoms with Crippen LogP contribution in [0.5, 0.6) is 0 Å². The van der Waals surface area contributed by atoms with Gasteiger partial charge in [0.25, 0.3) is 5.56 Å². The van der Waals surface area contributed by atoms with E-state index in [1.165, 1.54) is 17.2 Å². The maximum absolute atomic E-state index is 12.6. The van der Waals surface area contributed by atoms with Crippen molar-refractivity contribution >= 4 is 28.5 Å². The van der Waals surface area contributed by atoms with Gasteiger partial charge in [-0.25, -0.2) is 9.67 Å². The van der Waals surface area contributed by atoms with Crippen molar-refractivity contribution in [3.05, 3.63) is 57.7 Å². The predicted molar refractivity (Wildman–Crippen MR) is 90.8 cm³/mol. The molecule has 0 saturated heterocycles. The summed E-state index contributed by atoms with van der Waals surface area (Å²) in [6.07, 6.45) is 2.70. The van der Waals surface area contributed by atoms with Gasteiger partial charge in [0.2, 0.25) is 5.91 Å². The molecule has 1 unspecified atom stereocenters. The zero-order valence-corrected chi connectivity index (χ0v) is 14.0. The molecule has 2 heterocycles. The summed E-state index contributed by atoms with van der Waals surface area (Å²) in [5.74, 6) is -0.158. The van der Waals surface area contributed by atoms with Gasteiger partial charge in [-0.1, -0.05) is 29.8 Å². The van der Waals surface area contributed by atoms with Crippen LogP contribution in [0.1, 0.15) is 18.5 Å². The Morgan fingerprint density at radius 1 is 1.42 bits per heavy atom. The van der Waals surface area contributed by atoms with E-state index in [4.69, 9.17) is 11.6 Å². The van der Waals surface area contributed by atoms with Crippen molar-refractivity contribution in [2.24, 2.45) is 0 Å². The van der Waals surface area contributed by atoms with E-state index < -0.39 is 0 Å². The lowest BCUT2D eigenvalue weighted by molar-refractivity contribution is -0.132. The zero-order chi connectivity index (χ0) is 17.3. The number of H-pyrrole nitrogens is 1. The fourth-order valence-electron chi connectivity index (χ4n) is 2.50. The van der Waals surface area contributed by atoms with Crippen LogP contribution in [0.3, 0.4) is 0 Å². The lowest BCUT2D eigenvalue weighted by Gasteiger charge is -2.26. The third kappa shape index (κ3) is 2.90. The molecule has 0 aliphatic heterocycles. The smallest absolute Gasteiger partial charge is 0.261 e. The molecule has 1 aromatic carbocycles. The Hall–Kier alpha value is -2.67. The van der Waals surface area contributed by atoms with Gasteiger partial charge >= 0.3 is 0 Å². The third-order valence-electron chi connectivity index (χ3n) is 4.05. The molecule has 1 atom stereocenters. The summed E-state index contributed by atoms with van der Waals surface area (Å²) >= 11 is 6.20. The molecule has 1 N–H and O–H groups in total. The predicted octanol–water partition coefficient (Wildman–Crippen LogP) is 1.99. The van der Waals surface area contributed by atoms with Crippen LogP contribution in [0, 0.1) is 0 Å². The van der Waals surface area contributed by atoms with Crippen LogP contribution in [0.25, 0.3) is 11.0 Å². The van der Waals surface area contributed by atoms with Crippen molar-refractivity contribution in [1.29, 1.82) is 0 Å². The maximum Gasteiger partial charge on any atom is 0.261 e. The number of likely N-dealkylation sites (N-methyl/N-ethyl adjacent to an activating group) is 1. The van der Waals surface area contributed by atoms with Crippen LogP contribution in [0.2, 0.25) is 5.02 Å². The monoisotopic (exact) mass is 345 g/mol. The number of fused-ring (bicyclic) bond motifs is 1. The van der Waals surface area contributed by atoms with Gasteiger partial charge in [-0.3, -0.25) is 9.59 Å². The van der Waals surface area contributed by atoms with E-state index in [-0.39, 0.29) is 24.1 Å². The number of aromatic nitrogens is 4. The Kier molecular flexibility index (Phi) is 4.35. The van der Waals surface area contributed by atoms with Crippen molar-refractivity contribution in [2.45, 2.75) is 19.5 Å². The van der Waals surface area contributed by atoms with Crippen LogP contribution in [-0.2, 0) is 11.3 Å². The molecule has 0 aliphatic carbocycles. The molecule has 1 amide bonds. The number of amides is 1. The first-order valence-electron chi connectivity index (χ1n) is 7.38. The third-order valence-corrected chi connectivity index (χ3v) is 4.40. The number of carbonyl (C=O) groups excluding carboxylic acids is 1. The minimum atomic E-state index is -0.281. The van der Waals surface area contributed by atoms with Crippen molar-refractivity contribution in [2.75, 3.05) is 7.05 Å². The highest BCUT2D eigenvalue weighted by atomic mass is 35.5. The topological polar surface area (TPSA) is 83.9 Å². The number of benzene rings is 1. The van der Waals surface area contributed by atoms with Gasteiger partial charge in [-0.2, -0.15) is 5.10 Å². The second-order valence-corrected chi connectivity index (χ2v) is 5.88. The molecular formula is C16H16ClN5O2. The number of rotatable bonds is 4. The fourth-order valence-corrected chi connectivity index (χ4v) is 2.79. The fraction of sp³-hybridized carbons (Fsp3) is 0.250. The molecule has 0 bridgehead atoms. The molecule has 0 aliphatic rings. The summed E-state index contributed by atoms with van der Waals surface area (Å²) in [7, 11) is 1.71. The van der Waals surface area contributed by atoms with E-state index in [1.54, 1.807) is 18.0 Å². The number of carbonyl (C=O) groups is 1. The minimum absolute atomic E-state index is 0.00868. The minimum Gasteiger partial charge on any atom is -0.337 e. The Labute approximate surface area is 142 Å². The summed E-state index contributed by atoms with van der Waals surface area (Å²) < 4.78 is 1.42. The second kappa shape index (κ2) is 6.45. The number of halogens is 1. The van der Waals surface area contributed by atoms with Crippen LogP contribution < -0.4 is 5.56 Å². The summed E-state index contributed by atoms with van der Waals surface area (Å²) in [6, 6.07) is 7.22. The van der Waals surface area contributed by atoms with E-state index >= 15 is 0 Å². The van der Waals surface area contributed by atoms with E-state index in [0.29, 0.717) is 16.1 Å². The van der Waals surface area contributed by atoms with Gasteiger partial charge < -0.3 is 9.88 Å². The Morgan fingerprint density at radius 3 is 2.92 bits per heavy atom. The largest absolute Gasteiger partial charge is 0.337 e. The lowest BCUT2D eigenvalue weighted by Crippen LogP contribution is -2.33. The quantitative estimate of drug-likeness (QED) is 0.783. The molecule has 3 aromatic rings. The molecule has 124 valence electrons. The second-order valence-electron chi connectivity index (χ2n) is 5.47. The standard InChI is InChI=1S/C16H16ClN5O2/c1-10(11-5-3-4-6-13(11)17)21(2)14(23)8-22-15-12(7-20-22)16(24)19-9-18-15/h3-7,9-10H,8H2,1-2H3,(H,18,19,24). The summed E-state index contributed by atoms with van der Waals surface area (Å²) in [5, 5.41) is 5.06. The van der Waals surface area contributed by atoms with Crippen molar-refractivity contribution in [1.82, 2.24) is 24.6 Å². The lowest BCUT2D eigenvalue weighted by atomic mass is 10.1. The van der Waals surface area contributed by atoms with Crippen LogP contribution >= 0.6 is 11.6 Å². The SMILES string of the molecule is CC(c1ccccc1Cl)N(C)C(=O)Cn1ncc2c(=O)[nH]cnc21. The maximum atomic E-state index is 12.6. The molecule has 0 radical (unpaired) electrons. The first kappa shape index (κ1) is 16.2. The molecule has 0 spiro atoms. The van der Waals surface area contributed by atoms with E-state index in [9.17, 15) is 9.59 Å². The number of aromatic amines is 1. The summed E-state index contributed by atoms with van der Waals surface area (Å²) in [5.41, 5.74) is 0.970. The zero-order valence-electron chi connectivity index (χ0n) is 13.2. The first-order valence-corrected chi connectivity index (χ1v) is 7.76. The highest BCUT2D eigenvalue weighted by Crippen LogP contribution is 2.26. The molecule has 0 fully saturated rings. The normalized spacial score (nSPS) is 12.3.